The molecule has 0 saturated carbocycles. The van der Waals surface area contributed by atoms with Gasteiger partial charge in [0.1, 0.15) is 5.82 Å². The van der Waals surface area contributed by atoms with E-state index in [0.29, 0.717) is 50.2 Å². The van der Waals surface area contributed by atoms with Crippen LogP contribution < -0.4 is 10.2 Å². The first-order chi connectivity index (χ1) is 13.8. The van der Waals surface area contributed by atoms with E-state index in [1.807, 2.05) is 12.1 Å². The fourth-order valence-corrected chi connectivity index (χ4v) is 2.96. The summed E-state index contributed by atoms with van der Waals surface area (Å²) in [7, 11) is 0. The minimum absolute atomic E-state index is 0.111. The van der Waals surface area contributed by atoms with Crippen molar-refractivity contribution in [2.24, 2.45) is 0 Å². The number of amides is 1. The highest BCUT2D eigenvalue weighted by atomic mass is 16.2. The lowest BCUT2D eigenvalue weighted by Crippen LogP contribution is -2.49. The van der Waals surface area contributed by atoms with Crippen LogP contribution >= 0.6 is 0 Å². The Hall–Kier alpha value is -3.62. The molecule has 0 spiro atoms. The number of aromatic nitrogens is 5. The quantitative estimate of drug-likeness (QED) is 0.710. The van der Waals surface area contributed by atoms with E-state index in [0.717, 1.165) is 5.56 Å². The van der Waals surface area contributed by atoms with Gasteiger partial charge in [-0.05, 0) is 29.8 Å². The van der Waals surface area contributed by atoms with Gasteiger partial charge >= 0.3 is 0 Å². The Morgan fingerprint density at radius 1 is 0.964 bits per heavy atom. The normalized spacial score (nSPS) is 14.0. The molecule has 0 unspecified atom stereocenters. The minimum Gasteiger partial charge on any atom is -0.364 e. The Bertz CT molecular complexity index is 896. The summed E-state index contributed by atoms with van der Waals surface area (Å²) in [5.41, 5.74) is 1.39. The summed E-state index contributed by atoms with van der Waals surface area (Å²) in [6, 6.07) is 9.12. The molecule has 142 valence electrons. The van der Waals surface area contributed by atoms with Gasteiger partial charge < -0.3 is 15.1 Å². The van der Waals surface area contributed by atoms with Crippen molar-refractivity contribution in [3.05, 3.63) is 66.4 Å². The minimum atomic E-state index is -0.111. The Morgan fingerprint density at radius 2 is 1.79 bits per heavy atom. The summed E-state index contributed by atoms with van der Waals surface area (Å²) in [5, 5.41) is 11.4. The standard InChI is InChI=1S/C19H20N8O/c28-18(26-9-11-27(12-10-26)19-21-7-2-8-22-19)16-4-5-17(25-24-16)23-14-15-3-1-6-20-13-15/h1-8,13H,9-12,14H2,(H,23,25). The topological polar surface area (TPSA) is 100 Å². The van der Waals surface area contributed by atoms with Gasteiger partial charge in [0, 0.05) is 57.5 Å². The van der Waals surface area contributed by atoms with E-state index in [9.17, 15) is 4.79 Å². The van der Waals surface area contributed by atoms with Crippen LogP contribution in [0.5, 0.6) is 0 Å². The number of hydrogen-bond acceptors (Lipinski definition) is 8. The third-order valence-corrected chi connectivity index (χ3v) is 4.48. The molecule has 1 fully saturated rings. The second-order valence-corrected chi connectivity index (χ2v) is 6.35. The highest BCUT2D eigenvalue weighted by Gasteiger charge is 2.24. The molecule has 0 aromatic carbocycles. The van der Waals surface area contributed by atoms with Crippen LogP contribution in [-0.2, 0) is 6.54 Å². The van der Waals surface area contributed by atoms with E-state index in [4.69, 9.17) is 0 Å². The number of rotatable bonds is 5. The molecule has 28 heavy (non-hydrogen) atoms. The van der Waals surface area contributed by atoms with Crippen molar-refractivity contribution in [2.75, 3.05) is 36.4 Å². The van der Waals surface area contributed by atoms with Crippen LogP contribution in [0, 0.1) is 0 Å². The lowest BCUT2D eigenvalue weighted by Gasteiger charge is -2.34. The predicted octanol–water partition coefficient (Wildman–Crippen LogP) is 1.24. The SMILES string of the molecule is O=C(c1ccc(NCc2cccnc2)nn1)N1CCN(c2ncccn2)CC1. The second-order valence-electron chi connectivity index (χ2n) is 6.35. The number of nitrogens with zero attached hydrogens (tertiary/aromatic N) is 7. The number of pyridine rings is 1. The fraction of sp³-hybridized carbons (Fsp3) is 0.263. The molecule has 3 aromatic rings. The third kappa shape index (κ3) is 4.20. The van der Waals surface area contributed by atoms with E-state index in [2.05, 4.69) is 35.4 Å². The van der Waals surface area contributed by atoms with Gasteiger partial charge in [-0.1, -0.05) is 6.07 Å². The van der Waals surface area contributed by atoms with Crippen LogP contribution in [0.25, 0.3) is 0 Å². The number of carbonyl (C=O) groups is 1. The molecule has 1 amide bonds. The van der Waals surface area contributed by atoms with Crippen molar-refractivity contribution < 1.29 is 4.79 Å². The summed E-state index contributed by atoms with van der Waals surface area (Å²) in [6.45, 7) is 3.17. The van der Waals surface area contributed by atoms with E-state index in [1.165, 1.54) is 0 Å². The molecular weight excluding hydrogens is 356 g/mol. The molecule has 1 saturated heterocycles. The Morgan fingerprint density at radius 3 is 2.46 bits per heavy atom. The molecule has 1 aliphatic rings. The van der Waals surface area contributed by atoms with Gasteiger partial charge in [0.15, 0.2) is 5.69 Å². The summed E-state index contributed by atoms with van der Waals surface area (Å²) in [6.07, 6.45) is 6.97. The third-order valence-electron chi connectivity index (χ3n) is 4.48. The van der Waals surface area contributed by atoms with E-state index in [1.54, 1.807) is 47.9 Å². The Kier molecular flexibility index (Phi) is 5.32. The molecule has 9 nitrogen and oxygen atoms in total. The summed E-state index contributed by atoms with van der Waals surface area (Å²) in [4.78, 5) is 29.1. The van der Waals surface area contributed by atoms with Crippen LogP contribution in [-0.4, -0.2) is 62.1 Å². The molecule has 0 atom stereocenters. The summed E-state index contributed by atoms with van der Waals surface area (Å²) >= 11 is 0. The number of hydrogen-bond donors (Lipinski definition) is 1. The smallest absolute Gasteiger partial charge is 0.274 e. The molecule has 3 aromatic heterocycles. The number of nitrogens with one attached hydrogen (secondary N) is 1. The Balaban J connectivity index is 1.31. The van der Waals surface area contributed by atoms with E-state index >= 15 is 0 Å². The lowest BCUT2D eigenvalue weighted by molar-refractivity contribution is 0.0739. The van der Waals surface area contributed by atoms with Gasteiger partial charge in [0.2, 0.25) is 5.95 Å². The molecule has 0 radical (unpaired) electrons. The van der Waals surface area contributed by atoms with Crippen LogP contribution in [0.3, 0.4) is 0 Å². The first kappa shape index (κ1) is 17.8. The van der Waals surface area contributed by atoms with Crippen molar-refractivity contribution >= 4 is 17.7 Å². The zero-order valence-electron chi connectivity index (χ0n) is 15.3. The molecule has 0 bridgehead atoms. The first-order valence-corrected chi connectivity index (χ1v) is 9.07. The predicted molar refractivity (Wildman–Crippen MR) is 104 cm³/mol. The maximum atomic E-state index is 12.7. The van der Waals surface area contributed by atoms with E-state index < -0.39 is 0 Å². The van der Waals surface area contributed by atoms with Crippen molar-refractivity contribution in [2.45, 2.75) is 6.54 Å². The molecule has 1 aliphatic heterocycles. The lowest BCUT2D eigenvalue weighted by atomic mass is 10.2. The summed E-state index contributed by atoms with van der Waals surface area (Å²) in [5.74, 6) is 1.20. The molecule has 4 heterocycles. The average Bonchev–Trinajstić information content (AvgIpc) is 2.79. The van der Waals surface area contributed by atoms with E-state index in [-0.39, 0.29) is 5.91 Å². The van der Waals surface area contributed by atoms with Crippen molar-refractivity contribution in [1.29, 1.82) is 0 Å². The van der Waals surface area contributed by atoms with Gasteiger partial charge in [-0.2, -0.15) is 0 Å². The number of carbonyl (C=O) groups excluding carboxylic acids is 1. The zero-order chi connectivity index (χ0) is 19.2. The molecule has 0 aliphatic carbocycles. The van der Waals surface area contributed by atoms with Gasteiger partial charge in [-0.15, -0.1) is 10.2 Å². The molecule has 4 rings (SSSR count). The van der Waals surface area contributed by atoms with Crippen LogP contribution in [0.2, 0.25) is 0 Å². The maximum Gasteiger partial charge on any atom is 0.274 e. The molecular formula is C19H20N8O. The summed E-state index contributed by atoms with van der Waals surface area (Å²) < 4.78 is 0. The van der Waals surface area contributed by atoms with Crippen molar-refractivity contribution in [3.63, 3.8) is 0 Å². The van der Waals surface area contributed by atoms with Crippen LogP contribution in [0.15, 0.2) is 55.1 Å². The molecule has 1 N–H and O–H groups in total. The molecule has 9 heteroatoms. The second kappa shape index (κ2) is 8.38. The van der Waals surface area contributed by atoms with Gasteiger partial charge in [0.25, 0.3) is 5.91 Å². The Labute approximate surface area is 162 Å². The highest BCUT2D eigenvalue weighted by Crippen LogP contribution is 2.12. The number of anilines is 2. The highest BCUT2D eigenvalue weighted by molar-refractivity contribution is 5.92. The van der Waals surface area contributed by atoms with Crippen LogP contribution in [0.4, 0.5) is 11.8 Å². The van der Waals surface area contributed by atoms with Gasteiger partial charge in [-0.3, -0.25) is 9.78 Å². The van der Waals surface area contributed by atoms with Crippen molar-refractivity contribution in [1.82, 2.24) is 30.0 Å². The maximum absolute atomic E-state index is 12.7. The average molecular weight is 376 g/mol. The monoisotopic (exact) mass is 376 g/mol. The van der Waals surface area contributed by atoms with Gasteiger partial charge in [0.05, 0.1) is 0 Å². The number of piperazine rings is 1. The fourth-order valence-electron chi connectivity index (χ4n) is 2.96. The first-order valence-electron chi connectivity index (χ1n) is 9.07. The van der Waals surface area contributed by atoms with Gasteiger partial charge in [-0.25, -0.2) is 9.97 Å². The van der Waals surface area contributed by atoms with Crippen LogP contribution in [0.1, 0.15) is 16.1 Å². The van der Waals surface area contributed by atoms with Crippen molar-refractivity contribution in [3.8, 4) is 0 Å². The largest absolute Gasteiger partial charge is 0.364 e. The zero-order valence-corrected chi connectivity index (χ0v) is 15.3.